The van der Waals surface area contributed by atoms with Crippen LogP contribution >= 0.6 is 0 Å². The predicted molar refractivity (Wildman–Crippen MR) is 79.2 cm³/mol. The Hall–Kier alpha value is -2.41. The topological polar surface area (TPSA) is 133 Å². The molecule has 1 amide bonds. The van der Waals surface area contributed by atoms with Crippen LogP contribution in [-0.2, 0) is 14.3 Å². The van der Waals surface area contributed by atoms with E-state index in [-0.39, 0.29) is 5.56 Å². The van der Waals surface area contributed by atoms with E-state index in [1.807, 2.05) is 0 Å². The fourth-order valence-electron chi connectivity index (χ4n) is 1.85. The molecular weight excluding hydrogens is 288 g/mol. The van der Waals surface area contributed by atoms with E-state index in [9.17, 15) is 14.4 Å². The molecule has 7 nitrogen and oxygen atoms in total. The molecule has 7 heteroatoms. The standard InChI is InChI=1S/C15H20N2O5/c1-15(2,3)22-14(21)10(11(16)13(19)20)8-4-6-9(7-5-8)12(17)18/h4-7,10-11H,16H2,1-3H3,(H2,17,18)(H,19,20)/t10?,11-/m0/s1. The minimum absolute atomic E-state index is 0.246. The number of rotatable bonds is 5. The molecule has 0 aliphatic rings. The van der Waals surface area contributed by atoms with Gasteiger partial charge in [-0.25, -0.2) is 0 Å². The van der Waals surface area contributed by atoms with Crippen LogP contribution < -0.4 is 11.5 Å². The Morgan fingerprint density at radius 3 is 2.00 bits per heavy atom. The number of esters is 1. The summed E-state index contributed by atoms with van der Waals surface area (Å²) in [4.78, 5) is 34.5. The van der Waals surface area contributed by atoms with Gasteiger partial charge in [0.05, 0.1) is 0 Å². The first kappa shape index (κ1) is 17.6. The summed E-state index contributed by atoms with van der Waals surface area (Å²) in [6.07, 6.45) is 0. The smallest absolute Gasteiger partial charge is 0.321 e. The molecule has 0 fully saturated rings. The number of carbonyl (C=O) groups excluding carboxylic acids is 2. The number of nitrogens with two attached hydrogens (primary N) is 2. The van der Waals surface area contributed by atoms with E-state index in [4.69, 9.17) is 21.3 Å². The maximum atomic E-state index is 12.3. The number of carbonyl (C=O) groups is 3. The fraction of sp³-hybridized carbons (Fsp3) is 0.400. The van der Waals surface area contributed by atoms with Gasteiger partial charge in [-0.05, 0) is 38.5 Å². The van der Waals surface area contributed by atoms with E-state index in [0.29, 0.717) is 5.56 Å². The molecule has 2 atom stereocenters. The molecule has 120 valence electrons. The number of hydrogen-bond acceptors (Lipinski definition) is 5. The fourth-order valence-corrected chi connectivity index (χ4v) is 1.85. The van der Waals surface area contributed by atoms with Crippen molar-refractivity contribution in [2.75, 3.05) is 0 Å². The molecule has 1 rings (SSSR count). The van der Waals surface area contributed by atoms with Crippen molar-refractivity contribution in [1.82, 2.24) is 0 Å². The SMILES string of the molecule is CC(C)(C)OC(=O)C(c1ccc(C(N)=O)cc1)[C@H](N)C(=O)O. The number of benzene rings is 1. The first-order chi connectivity index (χ1) is 10.0. The predicted octanol–water partition coefficient (Wildman–Crippen LogP) is 0.623. The average Bonchev–Trinajstić information content (AvgIpc) is 2.37. The van der Waals surface area contributed by atoms with Crippen molar-refractivity contribution in [3.8, 4) is 0 Å². The molecule has 0 aliphatic heterocycles. The lowest BCUT2D eigenvalue weighted by Crippen LogP contribution is -2.42. The van der Waals surface area contributed by atoms with E-state index in [1.54, 1.807) is 20.8 Å². The minimum Gasteiger partial charge on any atom is -0.480 e. The van der Waals surface area contributed by atoms with Crippen molar-refractivity contribution < 1.29 is 24.2 Å². The maximum absolute atomic E-state index is 12.3. The quantitative estimate of drug-likeness (QED) is 0.683. The molecule has 0 saturated heterocycles. The summed E-state index contributed by atoms with van der Waals surface area (Å²) in [6.45, 7) is 5.01. The van der Waals surface area contributed by atoms with Gasteiger partial charge in [0.2, 0.25) is 5.91 Å². The van der Waals surface area contributed by atoms with Crippen LogP contribution in [0.5, 0.6) is 0 Å². The van der Waals surface area contributed by atoms with Crippen LogP contribution in [0.25, 0.3) is 0 Å². The van der Waals surface area contributed by atoms with E-state index in [2.05, 4.69) is 0 Å². The van der Waals surface area contributed by atoms with Gasteiger partial charge in [0, 0.05) is 5.56 Å². The highest BCUT2D eigenvalue weighted by molar-refractivity contribution is 5.93. The number of primary amides is 1. The normalized spacial score (nSPS) is 14.0. The molecule has 0 radical (unpaired) electrons. The van der Waals surface area contributed by atoms with Crippen molar-refractivity contribution in [1.29, 1.82) is 0 Å². The molecule has 1 aromatic rings. The molecule has 1 aromatic carbocycles. The second-order valence-corrected chi connectivity index (χ2v) is 5.86. The summed E-state index contributed by atoms with van der Waals surface area (Å²) >= 11 is 0. The molecule has 0 spiro atoms. The third kappa shape index (κ3) is 4.56. The van der Waals surface area contributed by atoms with Crippen LogP contribution in [0, 0.1) is 0 Å². The van der Waals surface area contributed by atoms with Gasteiger partial charge < -0.3 is 21.3 Å². The number of ether oxygens (including phenoxy) is 1. The second-order valence-electron chi connectivity index (χ2n) is 5.86. The van der Waals surface area contributed by atoms with E-state index >= 15 is 0 Å². The van der Waals surface area contributed by atoms with Crippen molar-refractivity contribution >= 4 is 17.8 Å². The second kappa shape index (κ2) is 6.57. The highest BCUT2D eigenvalue weighted by Gasteiger charge is 2.35. The molecule has 5 N–H and O–H groups in total. The van der Waals surface area contributed by atoms with Crippen LogP contribution in [-0.4, -0.2) is 34.6 Å². The van der Waals surface area contributed by atoms with Crippen LogP contribution in [0.1, 0.15) is 42.6 Å². The Kier molecular flexibility index (Phi) is 5.27. The Bertz CT molecular complexity index is 575. The van der Waals surface area contributed by atoms with Gasteiger partial charge in [-0.2, -0.15) is 0 Å². The van der Waals surface area contributed by atoms with Gasteiger partial charge in [0.25, 0.3) is 0 Å². The van der Waals surface area contributed by atoms with Gasteiger partial charge in [0.15, 0.2) is 0 Å². The molecule has 0 saturated carbocycles. The number of carboxylic acids is 1. The minimum atomic E-state index is -1.46. The monoisotopic (exact) mass is 308 g/mol. The summed E-state index contributed by atoms with van der Waals surface area (Å²) in [5.41, 5.74) is 10.6. The van der Waals surface area contributed by atoms with Crippen molar-refractivity contribution in [3.05, 3.63) is 35.4 Å². The van der Waals surface area contributed by atoms with Crippen LogP contribution in [0.2, 0.25) is 0 Å². The first-order valence-electron chi connectivity index (χ1n) is 6.64. The molecule has 1 unspecified atom stereocenters. The van der Waals surface area contributed by atoms with Gasteiger partial charge in [-0.3, -0.25) is 14.4 Å². The van der Waals surface area contributed by atoms with Crippen molar-refractivity contribution in [3.63, 3.8) is 0 Å². The van der Waals surface area contributed by atoms with E-state index in [0.717, 1.165) is 0 Å². The zero-order chi connectivity index (χ0) is 17.1. The van der Waals surface area contributed by atoms with Gasteiger partial charge in [-0.1, -0.05) is 12.1 Å². The van der Waals surface area contributed by atoms with Crippen LogP contribution in [0.15, 0.2) is 24.3 Å². The Balaban J connectivity index is 3.17. The Morgan fingerprint density at radius 2 is 1.64 bits per heavy atom. The van der Waals surface area contributed by atoms with E-state index < -0.39 is 35.4 Å². The summed E-state index contributed by atoms with van der Waals surface area (Å²) in [6, 6.07) is 4.23. The Morgan fingerprint density at radius 1 is 1.14 bits per heavy atom. The van der Waals surface area contributed by atoms with Gasteiger partial charge >= 0.3 is 11.9 Å². The van der Waals surface area contributed by atoms with Gasteiger partial charge in [0.1, 0.15) is 17.6 Å². The lowest BCUT2D eigenvalue weighted by molar-refractivity contribution is -0.160. The maximum Gasteiger partial charge on any atom is 0.321 e. The zero-order valence-corrected chi connectivity index (χ0v) is 12.7. The molecule has 0 aliphatic carbocycles. The average molecular weight is 308 g/mol. The lowest BCUT2D eigenvalue weighted by Gasteiger charge is -2.26. The van der Waals surface area contributed by atoms with Crippen LogP contribution in [0.3, 0.4) is 0 Å². The first-order valence-corrected chi connectivity index (χ1v) is 6.64. The zero-order valence-electron chi connectivity index (χ0n) is 12.7. The summed E-state index contributed by atoms with van der Waals surface area (Å²) in [7, 11) is 0. The van der Waals surface area contributed by atoms with Crippen LogP contribution in [0.4, 0.5) is 0 Å². The largest absolute Gasteiger partial charge is 0.480 e. The van der Waals surface area contributed by atoms with Gasteiger partial charge in [-0.15, -0.1) is 0 Å². The third-order valence-corrected chi connectivity index (χ3v) is 2.86. The van der Waals surface area contributed by atoms with Crippen molar-refractivity contribution in [2.45, 2.75) is 38.3 Å². The third-order valence-electron chi connectivity index (χ3n) is 2.86. The highest BCUT2D eigenvalue weighted by atomic mass is 16.6. The van der Waals surface area contributed by atoms with E-state index in [1.165, 1.54) is 24.3 Å². The number of aliphatic carboxylic acids is 1. The lowest BCUT2D eigenvalue weighted by atomic mass is 9.91. The van der Waals surface area contributed by atoms with Crippen molar-refractivity contribution in [2.24, 2.45) is 11.5 Å². The molecular formula is C15H20N2O5. The summed E-state index contributed by atoms with van der Waals surface area (Å²) in [5.74, 6) is -3.87. The summed E-state index contributed by atoms with van der Waals surface area (Å²) < 4.78 is 5.23. The summed E-state index contributed by atoms with van der Waals surface area (Å²) in [5, 5.41) is 9.10. The molecule has 0 heterocycles. The number of hydrogen-bond donors (Lipinski definition) is 3. The Labute approximate surface area is 128 Å². The molecule has 0 aromatic heterocycles. The molecule has 0 bridgehead atoms. The number of amides is 1. The highest BCUT2D eigenvalue weighted by Crippen LogP contribution is 2.24. The number of carboxylic acid groups (broad SMARTS) is 1. The molecule has 22 heavy (non-hydrogen) atoms.